The van der Waals surface area contributed by atoms with Gasteiger partial charge in [0.25, 0.3) is 0 Å². The van der Waals surface area contributed by atoms with E-state index in [9.17, 15) is 4.79 Å². The number of nitrogens with two attached hydrogens (primary N) is 2. The molecule has 3 aromatic rings. The number of methoxy groups -OCH3 is 1. The van der Waals surface area contributed by atoms with E-state index in [2.05, 4.69) is 83.5 Å². The van der Waals surface area contributed by atoms with Gasteiger partial charge >= 0.3 is 6.01 Å². The average molecular weight is 579 g/mol. The van der Waals surface area contributed by atoms with Crippen molar-refractivity contribution < 1.29 is 14.3 Å². The Hall–Kier alpha value is -3.69. The zero-order valence-corrected chi connectivity index (χ0v) is 26.1. The fourth-order valence-electron chi connectivity index (χ4n) is 4.84. The average Bonchev–Trinajstić information content (AvgIpc) is 3.44. The first-order chi connectivity index (χ1) is 20.4. The van der Waals surface area contributed by atoms with Gasteiger partial charge in [-0.1, -0.05) is 70.2 Å². The first-order valence-electron chi connectivity index (χ1n) is 15.0. The summed E-state index contributed by atoms with van der Waals surface area (Å²) in [6.07, 6.45) is 6.70. The fourth-order valence-corrected chi connectivity index (χ4v) is 4.84. The maximum atomic E-state index is 9.47. The summed E-state index contributed by atoms with van der Waals surface area (Å²) in [5.41, 5.74) is 14.1. The molecule has 230 valence electrons. The van der Waals surface area contributed by atoms with Gasteiger partial charge in [-0.15, -0.1) is 0 Å². The van der Waals surface area contributed by atoms with Crippen LogP contribution in [0.25, 0.3) is 10.8 Å². The Labute approximate surface area is 251 Å². The van der Waals surface area contributed by atoms with E-state index in [1.807, 2.05) is 13.8 Å². The molecule has 2 aliphatic rings. The lowest BCUT2D eigenvalue weighted by molar-refractivity contribution is -0.113. The molecule has 0 aliphatic carbocycles. The summed E-state index contributed by atoms with van der Waals surface area (Å²) in [5.74, 6) is 0.0762. The molecule has 42 heavy (non-hydrogen) atoms. The Morgan fingerprint density at radius 1 is 1.14 bits per heavy atom. The lowest BCUT2D eigenvalue weighted by Crippen LogP contribution is -2.33. The molecule has 1 amide bonds. The molecule has 9 nitrogen and oxygen atoms in total. The third-order valence-electron chi connectivity index (χ3n) is 7.16. The van der Waals surface area contributed by atoms with Crippen molar-refractivity contribution in [1.29, 1.82) is 0 Å². The highest BCUT2D eigenvalue weighted by molar-refractivity contribution is 5.94. The predicted octanol–water partition coefficient (Wildman–Crippen LogP) is 5.36. The number of amides is 1. The van der Waals surface area contributed by atoms with Crippen LogP contribution >= 0.6 is 0 Å². The number of carbonyl (C=O) groups excluding carboxylic acids is 1. The van der Waals surface area contributed by atoms with Gasteiger partial charge in [0.1, 0.15) is 12.4 Å². The molecule has 0 spiro atoms. The third kappa shape index (κ3) is 10.3. The summed E-state index contributed by atoms with van der Waals surface area (Å²) in [6.45, 7) is 13.5. The van der Waals surface area contributed by atoms with E-state index in [0.29, 0.717) is 24.5 Å². The minimum absolute atomic E-state index is 0.404. The van der Waals surface area contributed by atoms with Gasteiger partial charge in [0.05, 0.1) is 12.2 Å². The van der Waals surface area contributed by atoms with Gasteiger partial charge in [-0.3, -0.25) is 4.79 Å². The van der Waals surface area contributed by atoms with E-state index < -0.39 is 5.91 Å². The fraction of sp³-hybridized carbons (Fsp3) is 0.485. The van der Waals surface area contributed by atoms with Crippen molar-refractivity contribution in [1.82, 2.24) is 14.9 Å². The Morgan fingerprint density at radius 3 is 2.48 bits per heavy atom. The molecule has 1 aromatic heterocycles. The van der Waals surface area contributed by atoms with Crippen LogP contribution in [-0.2, 0) is 22.5 Å². The molecule has 0 saturated carbocycles. The number of nitrogen functional groups attached to an aromatic ring is 1. The van der Waals surface area contributed by atoms with E-state index in [-0.39, 0.29) is 0 Å². The van der Waals surface area contributed by atoms with Crippen LogP contribution in [0.1, 0.15) is 57.7 Å². The maximum Gasteiger partial charge on any atom is 0.318 e. The number of likely N-dealkylation sites (N-methyl/N-ethyl adjacent to an activating group) is 1. The van der Waals surface area contributed by atoms with Gasteiger partial charge in [0.2, 0.25) is 5.91 Å². The molecule has 1 saturated heterocycles. The highest BCUT2D eigenvalue weighted by Crippen LogP contribution is 2.32. The standard InChI is InChI=1S/C23H27N5O.C5H12O.C3H5NO.C2H6/c1-27-12-5-8-17(27)15-29-23-25-20-14-28(13-11-19(20)22(24)26-23)21-10-4-7-16-6-2-3-9-18(16)21;1-3-4-5-6-2;1-2-3(4)5;1-2/h2-4,6-7,9-10,17H,5,8,11-15H2,1H3,(H2,24,25,26);3-5H2,1-2H3;2H,1H2,(H2,4,5);1-2H3/t17-;;;/m0.../s1. The van der Waals surface area contributed by atoms with Crippen molar-refractivity contribution in [2.24, 2.45) is 5.73 Å². The third-order valence-corrected chi connectivity index (χ3v) is 7.16. The van der Waals surface area contributed by atoms with E-state index >= 15 is 0 Å². The molecule has 0 radical (unpaired) electrons. The van der Waals surface area contributed by atoms with E-state index in [0.717, 1.165) is 56.4 Å². The summed E-state index contributed by atoms with van der Waals surface area (Å²) in [4.78, 5) is 23.4. The Balaban J connectivity index is 0.000000403. The number of hydrogen-bond acceptors (Lipinski definition) is 8. The summed E-state index contributed by atoms with van der Waals surface area (Å²) < 4.78 is 10.7. The Morgan fingerprint density at radius 2 is 1.86 bits per heavy atom. The van der Waals surface area contributed by atoms with Crippen molar-refractivity contribution in [2.45, 2.75) is 65.5 Å². The lowest BCUT2D eigenvalue weighted by Gasteiger charge is -2.31. The number of rotatable bonds is 8. The molecule has 0 bridgehead atoms. The van der Waals surface area contributed by atoms with Gasteiger partial charge in [-0.2, -0.15) is 9.97 Å². The quantitative estimate of drug-likeness (QED) is 0.271. The molecule has 1 atom stereocenters. The zero-order valence-electron chi connectivity index (χ0n) is 26.1. The second kappa shape index (κ2) is 18.7. The van der Waals surface area contributed by atoms with Gasteiger partial charge < -0.3 is 30.7 Å². The number of nitrogens with zero attached hydrogens (tertiary/aromatic N) is 4. The van der Waals surface area contributed by atoms with Crippen LogP contribution in [0, 0.1) is 0 Å². The summed E-state index contributed by atoms with van der Waals surface area (Å²) in [6, 6.07) is 15.8. The molecule has 1 fully saturated rings. The number of likely N-dealkylation sites (tertiary alicyclic amines) is 1. The van der Waals surface area contributed by atoms with Gasteiger partial charge in [0, 0.05) is 42.9 Å². The lowest BCUT2D eigenvalue weighted by atomic mass is 10.0. The van der Waals surface area contributed by atoms with Crippen molar-refractivity contribution >= 4 is 28.2 Å². The van der Waals surface area contributed by atoms with Crippen molar-refractivity contribution in [3.8, 4) is 6.01 Å². The first-order valence-corrected chi connectivity index (χ1v) is 15.0. The molecule has 2 aromatic carbocycles. The second-order valence-electron chi connectivity index (χ2n) is 10.0. The number of fused-ring (bicyclic) bond motifs is 2. The van der Waals surface area contributed by atoms with Crippen LogP contribution in [0.3, 0.4) is 0 Å². The van der Waals surface area contributed by atoms with Crippen LogP contribution in [0.4, 0.5) is 11.5 Å². The van der Waals surface area contributed by atoms with Gasteiger partial charge in [0.15, 0.2) is 0 Å². The summed E-state index contributed by atoms with van der Waals surface area (Å²) in [7, 11) is 3.88. The van der Waals surface area contributed by atoms with Crippen LogP contribution in [-0.4, -0.2) is 67.3 Å². The van der Waals surface area contributed by atoms with Gasteiger partial charge in [-0.25, -0.2) is 0 Å². The van der Waals surface area contributed by atoms with Crippen LogP contribution in [0.5, 0.6) is 6.01 Å². The number of aromatic nitrogens is 2. The topological polar surface area (TPSA) is 120 Å². The number of primary amides is 1. The van der Waals surface area contributed by atoms with Crippen LogP contribution < -0.4 is 21.1 Å². The molecule has 5 rings (SSSR count). The molecule has 3 heterocycles. The monoisotopic (exact) mass is 578 g/mol. The van der Waals surface area contributed by atoms with Crippen LogP contribution in [0.15, 0.2) is 55.1 Å². The van der Waals surface area contributed by atoms with E-state index in [1.54, 1.807) is 7.11 Å². The minimum atomic E-state index is -0.481. The minimum Gasteiger partial charge on any atom is -0.462 e. The Kier molecular flexibility index (Phi) is 15.4. The summed E-state index contributed by atoms with van der Waals surface area (Å²) >= 11 is 0. The van der Waals surface area contributed by atoms with Gasteiger partial charge in [-0.05, 0) is 56.8 Å². The molecular formula is C33H50N6O3. The molecule has 2 aliphatic heterocycles. The highest BCUT2D eigenvalue weighted by atomic mass is 16.5. The van der Waals surface area contributed by atoms with Crippen LogP contribution in [0.2, 0.25) is 0 Å². The number of benzene rings is 2. The zero-order chi connectivity index (χ0) is 30.9. The number of unbranched alkanes of at least 4 members (excludes halogenated alkanes) is 1. The molecular weight excluding hydrogens is 528 g/mol. The molecule has 9 heteroatoms. The SMILES string of the molecule is C=CC(N)=O.CC.CCCCOC.CN1CCC[C@H]1COc1nc(N)c2c(n1)CN(c1cccc3ccccc13)CC2. The number of hydrogen-bond donors (Lipinski definition) is 2. The molecule has 4 N–H and O–H groups in total. The maximum absolute atomic E-state index is 9.47. The number of carbonyl (C=O) groups is 1. The van der Waals surface area contributed by atoms with Crippen molar-refractivity contribution in [3.63, 3.8) is 0 Å². The number of anilines is 2. The second-order valence-corrected chi connectivity index (χ2v) is 10.0. The smallest absolute Gasteiger partial charge is 0.318 e. The number of ether oxygens (including phenoxy) is 2. The normalized spacial score (nSPS) is 15.6. The Bertz CT molecular complexity index is 1240. The van der Waals surface area contributed by atoms with E-state index in [1.165, 1.54) is 35.7 Å². The van der Waals surface area contributed by atoms with Crippen molar-refractivity contribution in [2.75, 3.05) is 51.1 Å². The van der Waals surface area contributed by atoms with Crippen molar-refractivity contribution in [3.05, 3.63) is 66.4 Å². The summed E-state index contributed by atoms with van der Waals surface area (Å²) in [5, 5.41) is 2.52. The first kappa shape index (κ1) is 34.5. The largest absolute Gasteiger partial charge is 0.462 e. The molecule has 0 unspecified atom stereocenters. The predicted molar refractivity (Wildman–Crippen MR) is 174 cm³/mol. The highest BCUT2D eigenvalue weighted by Gasteiger charge is 2.25. The van der Waals surface area contributed by atoms with E-state index in [4.69, 9.17) is 20.2 Å².